The van der Waals surface area contributed by atoms with Crippen LogP contribution in [0.5, 0.6) is 0 Å². The van der Waals surface area contributed by atoms with E-state index in [4.69, 9.17) is 31.4 Å². The molecule has 7 aliphatic rings. The van der Waals surface area contributed by atoms with Crippen molar-refractivity contribution >= 4 is 90.6 Å². The lowest BCUT2D eigenvalue weighted by Crippen LogP contribution is -2.40. The van der Waals surface area contributed by atoms with Gasteiger partial charge in [0.05, 0.1) is 15.5 Å². The highest BCUT2D eigenvalue weighted by atomic mass is 35.7. The lowest BCUT2D eigenvalue weighted by molar-refractivity contribution is -0.571. The molecule has 558 valence electrons. The van der Waals surface area contributed by atoms with Crippen LogP contribution in [0.2, 0.25) is 0 Å². The van der Waals surface area contributed by atoms with Crippen LogP contribution in [0.3, 0.4) is 0 Å². The van der Waals surface area contributed by atoms with Crippen LogP contribution in [-0.2, 0) is 23.4 Å². The molecule has 5 aromatic rings. The van der Waals surface area contributed by atoms with Gasteiger partial charge in [-0.15, -0.1) is 12.4 Å². The zero-order chi connectivity index (χ0) is 72.9. The van der Waals surface area contributed by atoms with E-state index >= 15 is 0 Å². The number of nitrogens with one attached hydrogen (secondary N) is 1. The van der Waals surface area contributed by atoms with Crippen LogP contribution in [0, 0.1) is 59.1 Å². The van der Waals surface area contributed by atoms with E-state index in [2.05, 4.69) is 54.8 Å². The number of thioether (sulfide) groups is 2. The minimum atomic E-state index is -3.94. The molecule has 0 bridgehead atoms. The van der Waals surface area contributed by atoms with E-state index in [-0.39, 0.29) is 60.7 Å². The van der Waals surface area contributed by atoms with Gasteiger partial charge < -0.3 is 21.6 Å². The number of thiol groups is 1. The first kappa shape index (κ1) is 89.1. The van der Waals surface area contributed by atoms with Crippen molar-refractivity contribution in [1.29, 1.82) is 0 Å². The third-order valence-electron chi connectivity index (χ3n) is 18.2. The lowest BCUT2D eigenvalue weighted by atomic mass is 10.0. The van der Waals surface area contributed by atoms with Gasteiger partial charge in [-0.05, 0) is 146 Å². The fourth-order valence-corrected chi connectivity index (χ4v) is 16.0. The van der Waals surface area contributed by atoms with E-state index in [0.717, 1.165) is 105 Å². The molecule has 0 radical (unpaired) electrons. The number of nitrogens with zero attached hydrogens (tertiary/aromatic N) is 9. The van der Waals surface area contributed by atoms with Crippen LogP contribution in [0.25, 0.3) is 0 Å². The van der Waals surface area contributed by atoms with Crippen molar-refractivity contribution in [2.24, 2.45) is 11.5 Å². The highest BCUT2D eigenvalue weighted by Crippen LogP contribution is 2.38. The molecule has 3 heterocycles. The molecular weight excluding hydrogens is 1450 g/mol. The van der Waals surface area contributed by atoms with Gasteiger partial charge in [0.1, 0.15) is 13.2 Å². The Bertz CT molecular complexity index is 3430. The number of H-pyrrole nitrogens is 1. The first-order valence-electron chi connectivity index (χ1n) is 33.7. The van der Waals surface area contributed by atoms with Crippen LogP contribution in [0.1, 0.15) is 197 Å². The summed E-state index contributed by atoms with van der Waals surface area (Å²) in [5.74, 6) is 2.27. The standard InChI is InChI=1S/C13H17NO5S.C10H13N3O2S.C10H15N3S.C7H7ClO2S.C6H11NO3.C6H13NS.C5H9NO2.C5H10.C4H4N2S.ClH/c1-11-4-6-12(7-5-11)20(17,18)19-10-13(14(15)16)8-2-3-9-13;14-13(15)10(4-1-2-5-10)8-16-9-11-6-3-7-12-9;11-10(4-1-2-5-10)8-14-9-12-6-3-7-13-9;1-6-2-4-7(5-3-6)11(8,9)10;8-5-6(7(9)10)3-1-2-4-6;7-6(5-8)3-1-2-4-6;7-6(8)5-3-1-2-4-5;1-2-4-5-3-1;7-4-5-2-1-3-6-4;/h4-7H,2-3,8-10H2,1H3;3,6-7H,1-2,4-5,8H2;3,6-7H,1-2,4-5,8,11H2;2-5H,1H3;8H,1-5H2;8H,1-5,7H2;5H,1-4H2;1-5H2;1-3H,(H,5,6,7);1H. The summed E-state index contributed by atoms with van der Waals surface area (Å²) in [6, 6.07) is 17.7. The summed E-state index contributed by atoms with van der Waals surface area (Å²) in [5.41, 5.74) is 11.2. The van der Waals surface area contributed by atoms with Crippen molar-refractivity contribution in [1.82, 2.24) is 29.9 Å². The fourth-order valence-electron chi connectivity index (χ4n) is 11.8. The Labute approximate surface area is 618 Å². The zero-order valence-corrected chi connectivity index (χ0v) is 63.7. The minimum Gasteiger partial charge on any atom is -0.389 e. The fraction of sp³-hybridized carbons (Fsp3) is 0.636. The molecule has 0 aliphatic heterocycles. The van der Waals surface area contributed by atoms with E-state index in [9.17, 15) is 57.3 Å². The van der Waals surface area contributed by atoms with Crippen LogP contribution in [0.4, 0.5) is 0 Å². The van der Waals surface area contributed by atoms with E-state index in [1.165, 1.54) is 107 Å². The van der Waals surface area contributed by atoms with Gasteiger partial charge in [-0.2, -0.15) is 21.0 Å². The number of nitrogens with two attached hydrogens (primary N) is 2. The summed E-state index contributed by atoms with van der Waals surface area (Å²) in [7, 11) is -2.40. The molecule has 6 N–H and O–H groups in total. The molecule has 0 spiro atoms. The summed E-state index contributed by atoms with van der Waals surface area (Å²) in [4.78, 5) is 64.7. The maximum Gasteiger partial charge on any atom is 0.297 e. The minimum absolute atomic E-state index is 0. The van der Waals surface area contributed by atoms with Gasteiger partial charge in [-0.25, -0.2) is 33.3 Å². The van der Waals surface area contributed by atoms with Crippen molar-refractivity contribution in [2.45, 2.75) is 254 Å². The highest BCUT2D eigenvalue weighted by molar-refractivity contribution is 8.13. The molecule has 100 heavy (non-hydrogen) atoms. The molecule has 34 heteroatoms. The first-order valence-corrected chi connectivity index (χ1v) is 40.4. The average Bonchev–Trinajstić information content (AvgIpc) is 1.36. The third kappa shape index (κ3) is 32.7. The highest BCUT2D eigenvalue weighted by Gasteiger charge is 2.48. The van der Waals surface area contributed by atoms with Gasteiger partial charge in [0.15, 0.2) is 15.1 Å². The van der Waals surface area contributed by atoms with Crippen LogP contribution in [0.15, 0.2) is 124 Å². The molecule has 0 unspecified atom stereocenters. The van der Waals surface area contributed by atoms with Crippen LogP contribution >= 0.6 is 71.5 Å². The van der Waals surface area contributed by atoms with Crippen molar-refractivity contribution < 1.29 is 45.8 Å². The van der Waals surface area contributed by atoms with E-state index in [1.54, 1.807) is 85.3 Å². The number of benzene rings is 2. The Morgan fingerprint density at radius 2 is 0.930 bits per heavy atom. The SMILES string of the molecule is C1CCCC1.Cc1ccc(S(=O)(=O)Cl)cc1.Cc1ccc(S(=O)(=O)OCC2([N+](=O)[O-])CCCC2)cc1.Cl.NC1(CS)CCCC1.NC1(CSc2ncccn2)CCCC1.O=[N+]([O-])C1(CO)CCCC1.O=[N+]([O-])C1(CSc2ncccn2)CCCC1.O=[N+]([O-])C1CCCC1.S=c1nccc[nH]1. The van der Waals surface area contributed by atoms with Gasteiger partial charge in [0, 0.05) is 142 Å². The van der Waals surface area contributed by atoms with Gasteiger partial charge in [-0.3, -0.25) is 44.6 Å². The number of aliphatic hydroxyl groups is 1. The first-order chi connectivity index (χ1) is 47.0. The monoisotopic (exact) mass is 1550 g/mol. The number of nitro groups is 4. The average molecular weight is 1550 g/mol. The second kappa shape index (κ2) is 45.9. The molecule has 7 aliphatic carbocycles. The lowest BCUT2D eigenvalue weighted by Gasteiger charge is -2.21. The van der Waals surface area contributed by atoms with E-state index in [1.807, 2.05) is 19.9 Å². The molecule has 12 rings (SSSR count). The Morgan fingerprint density at radius 3 is 1.25 bits per heavy atom. The smallest absolute Gasteiger partial charge is 0.297 e. The Balaban J connectivity index is 0.000000300. The Morgan fingerprint density at radius 1 is 0.560 bits per heavy atom. The number of aromatic amines is 1. The maximum absolute atomic E-state index is 12.0. The Kier molecular flexibility index (Phi) is 40.9. The number of hydrogen-bond acceptors (Lipinski definition) is 25. The summed E-state index contributed by atoms with van der Waals surface area (Å²) in [6.07, 6.45) is 39.5. The van der Waals surface area contributed by atoms with Gasteiger partial charge >= 0.3 is 0 Å². The Hall–Kier alpha value is -5.13. The van der Waals surface area contributed by atoms with E-state index in [0.29, 0.717) is 54.2 Å². The van der Waals surface area contributed by atoms with Crippen molar-refractivity contribution in [2.75, 3.05) is 30.5 Å². The molecule has 26 nitrogen and oxygen atoms in total. The predicted octanol–water partition coefficient (Wildman–Crippen LogP) is 14.7. The number of aromatic nitrogens is 6. The van der Waals surface area contributed by atoms with Gasteiger partial charge in [-0.1, -0.05) is 117 Å². The summed E-state index contributed by atoms with van der Waals surface area (Å²) < 4.78 is 50.9. The van der Waals surface area contributed by atoms with Gasteiger partial charge in [0.2, 0.25) is 22.7 Å². The summed E-state index contributed by atoms with van der Waals surface area (Å²) in [6.45, 7) is 3.03. The molecule has 7 fully saturated rings. The van der Waals surface area contributed by atoms with Crippen molar-refractivity contribution in [3.63, 3.8) is 0 Å². The van der Waals surface area contributed by atoms with E-state index < -0.39 is 47.3 Å². The number of aryl methyl sites for hydroxylation is 2. The number of rotatable bonds is 17. The largest absolute Gasteiger partial charge is 0.389 e. The second-order valence-corrected chi connectivity index (χ2v) is 32.8. The quantitative estimate of drug-likeness (QED) is 0.00843. The van der Waals surface area contributed by atoms with Crippen molar-refractivity contribution in [3.8, 4) is 0 Å². The molecule has 3 aromatic heterocycles. The summed E-state index contributed by atoms with van der Waals surface area (Å²) in [5, 5.41) is 52.9. The zero-order valence-electron chi connectivity index (χ0n) is 57.1. The molecule has 0 atom stereocenters. The van der Waals surface area contributed by atoms with Crippen molar-refractivity contribution in [3.05, 3.63) is 160 Å². The number of hydrogen-bond donors (Lipinski definition) is 5. The number of halogens is 2. The van der Waals surface area contributed by atoms with Crippen LogP contribution < -0.4 is 11.5 Å². The molecule has 0 amide bonds. The third-order valence-corrected chi connectivity index (χ3v) is 24.0. The van der Waals surface area contributed by atoms with Crippen LogP contribution in [-0.4, -0.2) is 136 Å². The number of aliphatic hydroxyl groups excluding tert-OH is 1. The predicted molar refractivity (Wildman–Crippen MR) is 399 cm³/mol. The molecule has 7 saturated carbocycles. The molecular formula is C66H100Cl2N12O14S6. The molecule has 2 aromatic carbocycles. The van der Waals surface area contributed by atoms with Gasteiger partial charge in [0.25, 0.3) is 19.2 Å². The topological polar surface area (TPSA) is 403 Å². The second-order valence-electron chi connectivity index (χ2n) is 26.0. The maximum atomic E-state index is 12.0. The molecule has 0 saturated heterocycles. The summed E-state index contributed by atoms with van der Waals surface area (Å²) >= 11 is 11.9. The normalized spacial score (nSPS) is 18.5.